The molecule has 6 aromatic rings. The molecule has 0 aliphatic rings. The van der Waals surface area contributed by atoms with Crippen molar-refractivity contribution in [3.63, 3.8) is 0 Å². The Kier molecular flexibility index (Phi) is 6.75. The predicted molar refractivity (Wildman–Crippen MR) is 155 cm³/mol. The molecule has 0 fully saturated rings. The Balaban J connectivity index is 1.24. The van der Waals surface area contributed by atoms with Gasteiger partial charge in [0.15, 0.2) is 5.82 Å². The van der Waals surface area contributed by atoms with Crippen molar-refractivity contribution in [2.24, 2.45) is 0 Å². The summed E-state index contributed by atoms with van der Waals surface area (Å²) in [5, 5.41) is 25.6. The zero-order valence-electron chi connectivity index (χ0n) is 22.3. The standard InChI is InChI=1S/C30H30N8O2/c1-3-31-14-21-15-32-17-25(18(21)2)19-4-6-27-24(12-19)28(37-36-27)29-33-10-11-38(29)30(40)34-9-8-20-16-35-26-7-5-22(39)13-23(20)26/h4-7,10-13,15-17,31,35,39H,3,8-9,14H2,1-2H3,(H,34,40)(H,36,37). The van der Waals surface area contributed by atoms with Crippen LogP contribution in [0.1, 0.15) is 23.6 Å². The van der Waals surface area contributed by atoms with Crippen molar-refractivity contribution < 1.29 is 9.90 Å². The molecule has 0 unspecified atom stereocenters. The number of rotatable bonds is 8. The Morgan fingerprint density at radius 3 is 2.83 bits per heavy atom. The van der Waals surface area contributed by atoms with E-state index >= 15 is 0 Å². The molecule has 10 heteroatoms. The first-order chi connectivity index (χ1) is 19.5. The van der Waals surface area contributed by atoms with Crippen molar-refractivity contribution >= 4 is 27.8 Å². The number of fused-ring (bicyclic) bond motifs is 2. The van der Waals surface area contributed by atoms with Gasteiger partial charge in [-0.1, -0.05) is 13.0 Å². The van der Waals surface area contributed by atoms with Gasteiger partial charge in [0, 0.05) is 65.9 Å². The summed E-state index contributed by atoms with van der Waals surface area (Å²) < 4.78 is 1.48. The van der Waals surface area contributed by atoms with E-state index in [1.807, 2.05) is 30.7 Å². The second kappa shape index (κ2) is 10.7. The van der Waals surface area contributed by atoms with Crippen molar-refractivity contribution in [2.45, 2.75) is 26.8 Å². The van der Waals surface area contributed by atoms with E-state index in [-0.39, 0.29) is 11.8 Å². The number of imidazole rings is 1. The number of nitrogens with zero attached hydrogens (tertiary/aromatic N) is 4. The fourth-order valence-electron chi connectivity index (χ4n) is 5.05. The number of aromatic amines is 2. The van der Waals surface area contributed by atoms with Crippen molar-refractivity contribution in [1.82, 2.24) is 40.3 Å². The van der Waals surface area contributed by atoms with Crippen LogP contribution in [0.4, 0.5) is 4.79 Å². The summed E-state index contributed by atoms with van der Waals surface area (Å²) in [6.45, 7) is 6.26. The first-order valence-electron chi connectivity index (χ1n) is 13.3. The Morgan fingerprint density at radius 1 is 1.07 bits per heavy atom. The van der Waals surface area contributed by atoms with Crippen molar-refractivity contribution in [3.05, 3.63) is 84.1 Å². The molecule has 0 atom stereocenters. The molecule has 0 radical (unpaired) electrons. The van der Waals surface area contributed by atoms with Crippen LogP contribution in [-0.2, 0) is 13.0 Å². The van der Waals surface area contributed by atoms with Crippen molar-refractivity contribution in [1.29, 1.82) is 0 Å². The minimum atomic E-state index is -0.293. The number of benzene rings is 2. The number of carbonyl (C=O) groups is 1. The molecule has 1 amide bonds. The predicted octanol–water partition coefficient (Wildman–Crippen LogP) is 4.89. The summed E-state index contributed by atoms with van der Waals surface area (Å²) in [4.78, 5) is 25.3. The number of pyridine rings is 1. The van der Waals surface area contributed by atoms with Crippen LogP contribution in [-0.4, -0.2) is 53.9 Å². The Hall–Kier alpha value is -4.96. The average molecular weight is 535 g/mol. The lowest BCUT2D eigenvalue weighted by Crippen LogP contribution is -2.30. The number of hydrogen-bond acceptors (Lipinski definition) is 6. The number of phenolic OH excluding ortho intramolecular Hbond substituents is 1. The van der Waals surface area contributed by atoms with Gasteiger partial charge < -0.3 is 20.7 Å². The Labute approximate surface area is 230 Å². The molecule has 5 N–H and O–H groups in total. The van der Waals surface area contributed by atoms with Gasteiger partial charge in [-0.2, -0.15) is 5.10 Å². The molecule has 0 bridgehead atoms. The molecular weight excluding hydrogens is 504 g/mol. The number of amides is 1. The SMILES string of the molecule is CCNCc1cncc(-c2ccc3[nH]nc(-c4nccn4C(=O)NCCc4c[nH]c5ccc(O)cc45)c3c2)c1C. The molecule has 40 heavy (non-hydrogen) atoms. The van der Waals surface area contributed by atoms with E-state index in [4.69, 9.17) is 0 Å². The fraction of sp³-hybridized carbons (Fsp3) is 0.200. The summed E-state index contributed by atoms with van der Waals surface area (Å²) in [6, 6.07) is 11.0. The topological polar surface area (TPSA) is 137 Å². The van der Waals surface area contributed by atoms with E-state index in [2.05, 4.69) is 61.8 Å². The smallest absolute Gasteiger partial charge is 0.327 e. The third kappa shape index (κ3) is 4.69. The van der Waals surface area contributed by atoms with Gasteiger partial charge in [0.05, 0.1) is 5.52 Å². The van der Waals surface area contributed by atoms with Crippen LogP contribution in [0.5, 0.6) is 5.75 Å². The van der Waals surface area contributed by atoms with Gasteiger partial charge in [-0.3, -0.25) is 10.1 Å². The van der Waals surface area contributed by atoms with Gasteiger partial charge in [0.1, 0.15) is 11.4 Å². The number of carbonyl (C=O) groups excluding carboxylic acids is 1. The molecule has 0 aliphatic carbocycles. The van der Waals surface area contributed by atoms with E-state index < -0.39 is 0 Å². The molecule has 0 saturated carbocycles. The number of aromatic hydroxyl groups is 1. The molecular formula is C30H30N8O2. The maximum absolute atomic E-state index is 13.2. The lowest BCUT2D eigenvalue weighted by molar-refractivity contribution is 0.243. The molecule has 6 rings (SSSR count). The van der Waals surface area contributed by atoms with Crippen LogP contribution in [0.2, 0.25) is 0 Å². The number of nitrogens with one attached hydrogen (secondary N) is 4. The lowest BCUT2D eigenvalue weighted by Gasteiger charge is -2.12. The largest absolute Gasteiger partial charge is 0.508 e. The minimum absolute atomic E-state index is 0.211. The summed E-state index contributed by atoms with van der Waals surface area (Å²) in [6.07, 6.45) is 9.53. The zero-order valence-corrected chi connectivity index (χ0v) is 22.3. The number of H-pyrrole nitrogens is 2. The van der Waals surface area contributed by atoms with Crippen LogP contribution >= 0.6 is 0 Å². The normalized spacial score (nSPS) is 11.4. The first kappa shape index (κ1) is 25.3. The molecule has 10 nitrogen and oxygen atoms in total. The maximum Gasteiger partial charge on any atom is 0.327 e. The Bertz CT molecular complexity index is 1830. The third-order valence-corrected chi connectivity index (χ3v) is 7.25. The van der Waals surface area contributed by atoms with E-state index in [9.17, 15) is 9.90 Å². The number of phenols is 1. The van der Waals surface area contributed by atoms with E-state index in [0.717, 1.165) is 57.1 Å². The third-order valence-electron chi connectivity index (χ3n) is 7.25. The first-order valence-corrected chi connectivity index (χ1v) is 13.3. The Morgan fingerprint density at radius 2 is 1.95 bits per heavy atom. The minimum Gasteiger partial charge on any atom is -0.508 e. The van der Waals surface area contributed by atoms with Crippen LogP contribution in [0.3, 0.4) is 0 Å². The van der Waals surface area contributed by atoms with Gasteiger partial charge in [0.25, 0.3) is 0 Å². The molecule has 202 valence electrons. The highest BCUT2D eigenvalue weighted by Gasteiger charge is 2.19. The summed E-state index contributed by atoms with van der Waals surface area (Å²) >= 11 is 0. The highest BCUT2D eigenvalue weighted by atomic mass is 16.3. The number of aromatic nitrogens is 6. The second-order valence-corrected chi connectivity index (χ2v) is 9.73. The molecule has 4 aromatic heterocycles. The van der Waals surface area contributed by atoms with Gasteiger partial charge in [0.2, 0.25) is 0 Å². The number of hydrogen-bond donors (Lipinski definition) is 5. The monoisotopic (exact) mass is 534 g/mol. The molecule has 0 spiro atoms. The van der Waals surface area contributed by atoms with Gasteiger partial charge in [-0.15, -0.1) is 0 Å². The fourth-order valence-corrected chi connectivity index (χ4v) is 5.05. The summed E-state index contributed by atoms with van der Waals surface area (Å²) in [5.41, 5.74) is 7.81. The second-order valence-electron chi connectivity index (χ2n) is 9.73. The summed E-state index contributed by atoms with van der Waals surface area (Å²) in [5.74, 6) is 0.663. The molecule has 0 aliphatic heterocycles. The summed E-state index contributed by atoms with van der Waals surface area (Å²) in [7, 11) is 0. The average Bonchev–Trinajstić information content (AvgIpc) is 3.70. The highest BCUT2D eigenvalue weighted by molar-refractivity contribution is 5.96. The van der Waals surface area contributed by atoms with Crippen LogP contribution in [0, 0.1) is 6.92 Å². The molecule has 0 saturated heterocycles. The maximum atomic E-state index is 13.2. The van der Waals surface area contributed by atoms with E-state index in [1.165, 1.54) is 10.1 Å². The van der Waals surface area contributed by atoms with E-state index in [1.54, 1.807) is 24.5 Å². The van der Waals surface area contributed by atoms with Crippen LogP contribution in [0.25, 0.3) is 44.5 Å². The van der Waals surface area contributed by atoms with E-state index in [0.29, 0.717) is 24.5 Å². The van der Waals surface area contributed by atoms with Gasteiger partial charge in [-0.25, -0.2) is 14.3 Å². The molecule has 4 heterocycles. The lowest BCUT2D eigenvalue weighted by atomic mass is 9.98. The highest BCUT2D eigenvalue weighted by Crippen LogP contribution is 2.32. The van der Waals surface area contributed by atoms with Crippen molar-refractivity contribution in [3.8, 4) is 28.4 Å². The quantitative estimate of drug-likeness (QED) is 0.189. The zero-order chi connectivity index (χ0) is 27.6. The molecule has 2 aromatic carbocycles. The van der Waals surface area contributed by atoms with Crippen LogP contribution < -0.4 is 10.6 Å². The van der Waals surface area contributed by atoms with Crippen molar-refractivity contribution in [2.75, 3.05) is 13.1 Å². The van der Waals surface area contributed by atoms with Crippen LogP contribution in [0.15, 0.2) is 67.4 Å². The van der Waals surface area contributed by atoms with Gasteiger partial charge in [-0.05, 0) is 72.5 Å². The van der Waals surface area contributed by atoms with Gasteiger partial charge >= 0.3 is 6.03 Å².